The van der Waals surface area contributed by atoms with Gasteiger partial charge in [0.05, 0.1) is 34.3 Å². The summed E-state index contributed by atoms with van der Waals surface area (Å²) in [6.45, 7) is 0.554. The summed E-state index contributed by atoms with van der Waals surface area (Å²) in [4.78, 5) is 23.9. The highest BCUT2D eigenvalue weighted by molar-refractivity contribution is 6.19. The number of pyridine rings is 1. The van der Waals surface area contributed by atoms with E-state index in [2.05, 4.69) is 25.8 Å². The van der Waals surface area contributed by atoms with Crippen LogP contribution >= 0.6 is 0 Å². The zero-order valence-electron chi connectivity index (χ0n) is 22.0. The Morgan fingerprint density at radius 1 is 1.12 bits per heavy atom. The average Bonchev–Trinajstić information content (AvgIpc) is 3.55. The summed E-state index contributed by atoms with van der Waals surface area (Å²) in [6, 6.07) is 17.7. The molecule has 2 saturated heterocycles. The molecule has 2 aromatic carbocycles. The minimum Gasteiger partial charge on any atom is -0.402 e. The van der Waals surface area contributed by atoms with Crippen molar-refractivity contribution in [2.75, 3.05) is 29.2 Å². The molecule has 212 valence electrons. The van der Waals surface area contributed by atoms with Gasteiger partial charge < -0.3 is 24.7 Å². The van der Waals surface area contributed by atoms with Crippen LogP contribution in [0.2, 0.25) is 0 Å². The van der Waals surface area contributed by atoms with Gasteiger partial charge in [-0.05, 0) is 12.1 Å². The first-order valence-electron chi connectivity index (χ1n) is 13.3. The summed E-state index contributed by atoms with van der Waals surface area (Å²) in [6.07, 6.45) is -4.96. The number of halogens is 3. The van der Waals surface area contributed by atoms with Crippen molar-refractivity contribution in [1.29, 1.82) is 0 Å². The smallest absolute Gasteiger partial charge is 0.402 e. The molecular weight excluding hydrogens is 551 g/mol. The summed E-state index contributed by atoms with van der Waals surface area (Å²) in [5, 5.41) is 13.8. The number of piperidine rings is 1. The van der Waals surface area contributed by atoms with Crippen LogP contribution in [0, 0.1) is 11.8 Å². The van der Waals surface area contributed by atoms with Crippen LogP contribution in [0.25, 0.3) is 11.6 Å². The van der Waals surface area contributed by atoms with Gasteiger partial charge in [-0.25, -0.2) is 9.98 Å². The van der Waals surface area contributed by atoms with Crippen LogP contribution in [0.4, 0.5) is 30.6 Å². The van der Waals surface area contributed by atoms with Crippen molar-refractivity contribution in [3.8, 4) is 11.6 Å². The van der Waals surface area contributed by atoms with Gasteiger partial charge in [-0.3, -0.25) is 4.79 Å². The summed E-state index contributed by atoms with van der Waals surface area (Å²) < 4.78 is 52.4. The lowest BCUT2D eigenvalue weighted by atomic mass is 10.0. The molecule has 4 fully saturated rings. The molecule has 0 spiro atoms. The number of benzodiazepines with no additional fused rings is 1. The van der Waals surface area contributed by atoms with Crippen molar-refractivity contribution in [2.45, 2.75) is 24.0 Å². The van der Waals surface area contributed by atoms with Gasteiger partial charge >= 0.3 is 12.2 Å². The number of hydrogen-bond acceptors (Lipinski definition) is 9. The summed E-state index contributed by atoms with van der Waals surface area (Å²) in [5.41, 5.74) is 1.93. The first-order chi connectivity index (χ1) is 20.3. The number of hydrogen-bond donors (Lipinski definition) is 2. The lowest BCUT2D eigenvalue weighted by Gasteiger charge is -2.21. The van der Waals surface area contributed by atoms with E-state index >= 15 is 0 Å². The molecule has 5 atom stereocenters. The Balaban J connectivity index is 1.13. The number of fused-ring (bicyclic) bond motifs is 2. The Labute approximate surface area is 236 Å². The number of anilines is 3. The zero-order valence-corrected chi connectivity index (χ0v) is 22.0. The van der Waals surface area contributed by atoms with Crippen LogP contribution in [-0.4, -0.2) is 58.3 Å². The molecule has 0 radical (unpaired) electrons. The van der Waals surface area contributed by atoms with Crippen molar-refractivity contribution < 1.29 is 27.1 Å². The second-order valence-corrected chi connectivity index (χ2v) is 10.7. The molecule has 5 heterocycles. The van der Waals surface area contributed by atoms with E-state index in [4.69, 9.17) is 14.1 Å². The number of aromatic nitrogens is 3. The summed E-state index contributed by atoms with van der Waals surface area (Å²) in [5.74, 6) is 0.0474. The third-order valence-electron chi connectivity index (χ3n) is 8.59. The fourth-order valence-electron chi connectivity index (χ4n) is 6.54. The van der Waals surface area contributed by atoms with Crippen molar-refractivity contribution in [2.24, 2.45) is 16.8 Å². The molecule has 4 unspecified atom stereocenters. The molecule has 2 N–H and O–H groups in total. The van der Waals surface area contributed by atoms with E-state index in [1.54, 1.807) is 13.2 Å². The van der Waals surface area contributed by atoms with E-state index in [1.807, 2.05) is 53.4 Å². The molecule has 13 heteroatoms. The molecule has 2 saturated carbocycles. The molecular formula is C29H22F3N7O3. The average molecular weight is 574 g/mol. The maximum Gasteiger partial charge on any atom is 0.417 e. The van der Waals surface area contributed by atoms with E-state index in [1.165, 1.54) is 0 Å². The zero-order chi connectivity index (χ0) is 28.8. The number of rotatable bonds is 6. The van der Waals surface area contributed by atoms with E-state index < -0.39 is 23.8 Å². The van der Waals surface area contributed by atoms with Crippen LogP contribution in [0.3, 0.4) is 0 Å². The highest BCUT2D eigenvalue weighted by Gasteiger charge is 2.94. The standard InChI is InChI=1S/C29H22F3N7O3/c1-41-28-17-13-39(23(28)20(17)28)19-11-15(29(30,31)32)12-33-22(19)26-37-38-27(42-26)36-24-25(40)34-18-10-6-5-9-16(18)21(35-24)14-7-3-2-4-8-14/h2-12,17,20,23-24H,13H2,1H3,(H,34,40)(H,36,38)/t17?,20?,23?,24-,28?/m1/s1. The van der Waals surface area contributed by atoms with Crippen LogP contribution in [0.5, 0.6) is 0 Å². The SMILES string of the molecule is COC12C3CN(c4cc(C(F)(F)F)cnc4-c4nnc(N[C@H]5N=C(c6ccccc6)c6ccccc6NC5=O)o4)C1C32. The molecule has 1 amide bonds. The van der Waals surface area contributed by atoms with Gasteiger partial charge in [-0.1, -0.05) is 53.6 Å². The largest absolute Gasteiger partial charge is 0.417 e. The first kappa shape index (κ1) is 25.0. The van der Waals surface area contributed by atoms with Crippen molar-refractivity contribution in [1.82, 2.24) is 15.2 Å². The van der Waals surface area contributed by atoms with Gasteiger partial charge in [0.15, 0.2) is 5.69 Å². The minimum atomic E-state index is -4.57. The molecule has 9 rings (SSSR count). The molecule has 10 nitrogen and oxygen atoms in total. The number of carbonyl (C=O) groups excluding carboxylic acids is 1. The molecule has 4 aromatic rings. The van der Waals surface area contributed by atoms with E-state index in [0.29, 0.717) is 23.9 Å². The number of amides is 1. The number of alkyl halides is 3. The molecule has 3 aliphatic heterocycles. The molecule has 2 bridgehead atoms. The van der Waals surface area contributed by atoms with Crippen LogP contribution < -0.4 is 15.5 Å². The third-order valence-corrected chi connectivity index (χ3v) is 8.59. The normalized spacial score (nSPS) is 27.0. The lowest BCUT2D eigenvalue weighted by molar-refractivity contribution is -0.137. The number of carbonyl (C=O) groups is 1. The number of aliphatic imine (C=N–C) groups is 1. The number of nitrogens with zero attached hydrogens (tertiary/aromatic N) is 5. The topological polar surface area (TPSA) is 118 Å². The summed E-state index contributed by atoms with van der Waals surface area (Å²) >= 11 is 0. The Morgan fingerprint density at radius 3 is 2.64 bits per heavy atom. The quantitative estimate of drug-likeness (QED) is 0.352. The maximum absolute atomic E-state index is 13.6. The number of nitrogens with one attached hydrogen (secondary N) is 2. The Bertz CT molecular complexity index is 1770. The Kier molecular flexibility index (Phi) is 5.12. The van der Waals surface area contributed by atoms with Gasteiger partial charge in [0.25, 0.3) is 11.8 Å². The fraction of sp³-hybridized carbons (Fsp3) is 0.276. The highest BCUT2D eigenvalue weighted by atomic mass is 19.4. The summed E-state index contributed by atoms with van der Waals surface area (Å²) in [7, 11) is 1.63. The molecule has 5 aliphatic rings. The number of methoxy groups -OCH3 is 1. The van der Waals surface area contributed by atoms with Gasteiger partial charge in [0.2, 0.25) is 6.17 Å². The first-order valence-corrected chi connectivity index (χ1v) is 13.3. The van der Waals surface area contributed by atoms with Crippen LogP contribution in [0.1, 0.15) is 16.7 Å². The maximum atomic E-state index is 13.6. The van der Waals surface area contributed by atoms with E-state index in [0.717, 1.165) is 23.4 Å². The molecule has 2 aliphatic carbocycles. The highest BCUT2D eigenvalue weighted by Crippen LogP contribution is 2.81. The van der Waals surface area contributed by atoms with Gasteiger partial charge in [0, 0.05) is 42.8 Å². The Morgan fingerprint density at radius 2 is 1.90 bits per heavy atom. The molecule has 2 aromatic heterocycles. The van der Waals surface area contributed by atoms with Crippen LogP contribution in [0.15, 0.2) is 76.3 Å². The predicted molar refractivity (Wildman–Crippen MR) is 145 cm³/mol. The van der Waals surface area contributed by atoms with E-state index in [-0.39, 0.29) is 40.8 Å². The second-order valence-electron chi connectivity index (χ2n) is 10.7. The fourth-order valence-corrected chi connectivity index (χ4v) is 6.54. The van der Waals surface area contributed by atoms with Gasteiger partial charge in [0.1, 0.15) is 0 Å². The minimum absolute atomic E-state index is 0.0147. The van der Waals surface area contributed by atoms with Crippen molar-refractivity contribution >= 4 is 29.0 Å². The van der Waals surface area contributed by atoms with Crippen molar-refractivity contribution in [3.63, 3.8) is 0 Å². The molecule has 42 heavy (non-hydrogen) atoms. The monoisotopic (exact) mass is 573 g/mol. The second kappa shape index (κ2) is 8.61. The number of para-hydroxylation sites is 1. The van der Waals surface area contributed by atoms with E-state index in [9.17, 15) is 18.0 Å². The Hall–Kier alpha value is -4.78. The number of benzene rings is 2. The predicted octanol–water partition coefficient (Wildman–Crippen LogP) is 4.21. The van der Waals surface area contributed by atoms with Crippen molar-refractivity contribution in [3.05, 3.63) is 83.6 Å². The van der Waals surface area contributed by atoms with Crippen LogP contribution in [-0.2, 0) is 15.7 Å². The van der Waals surface area contributed by atoms with Gasteiger partial charge in [-0.15, -0.1) is 5.10 Å². The van der Waals surface area contributed by atoms with Gasteiger partial charge in [-0.2, -0.15) is 13.2 Å². The number of ether oxygens (including phenoxy) is 1. The third kappa shape index (κ3) is 3.59. The lowest BCUT2D eigenvalue weighted by Crippen LogP contribution is -2.32.